The van der Waals surface area contributed by atoms with Crippen LogP contribution in [0, 0.1) is 6.92 Å². The molecule has 1 aliphatic carbocycles. The summed E-state index contributed by atoms with van der Waals surface area (Å²) < 4.78 is 27.5. The minimum absolute atomic E-state index is 0.0595. The Morgan fingerprint density at radius 1 is 1.11 bits per heavy atom. The van der Waals surface area contributed by atoms with E-state index >= 15 is 0 Å². The number of benzene rings is 1. The molecule has 0 unspecified atom stereocenters. The predicted molar refractivity (Wildman–Crippen MR) is 112 cm³/mol. The lowest BCUT2D eigenvalue weighted by Crippen LogP contribution is -2.36. The molecule has 1 amide bonds. The van der Waals surface area contributed by atoms with E-state index in [4.69, 9.17) is 0 Å². The number of hydrogen-bond acceptors (Lipinski definition) is 4. The van der Waals surface area contributed by atoms with Crippen molar-refractivity contribution in [1.29, 1.82) is 0 Å². The third-order valence-corrected chi connectivity index (χ3v) is 8.82. The third kappa shape index (κ3) is 5.48. The van der Waals surface area contributed by atoms with E-state index in [1.54, 1.807) is 41.2 Å². The van der Waals surface area contributed by atoms with Crippen LogP contribution in [0.3, 0.4) is 0 Å². The van der Waals surface area contributed by atoms with Crippen LogP contribution in [0.15, 0.2) is 23.1 Å². The maximum atomic E-state index is 13.0. The zero-order valence-corrected chi connectivity index (χ0v) is 17.7. The first-order valence-electron chi connectivity index (χ1n) is 9.99. The minimum atomic E-state index is -3.50. The summed E-state index contributed by atoms with van der Waals surface area (Å²) in [6.45, 7) is 2.97. The smallest absolute Gasteiger partial charge is 0.243 e. The van der Waals surface area contributed by atoms with Crippen molar-refractivity contribution in [1.82, 2.24) is 4.31 Å². The highest BCUT2D eigenvalue weighted by Crippen LogP contribution is 2.29. The molecule has 2 fully saturated rings. The van der Waals surface area contributed by atoms with Gasteiger partial charge in [-0.25, -0.2) is 8.42 Å². The lowest BCUT2D eigenvalue weighted by molar-refractivity contribution is -0.113. The molecule has 1 N–H and O–H groups in total. The Kier molecular flexibility index (Phi) is 7.22. The maximum Gasteiger partial charge on any atom is 0.243 e. The van der Waals surface area contributed by atoms with Gasteiger partial charge in [0.25, 0.3) is 0 Å². The van der Waals surface area contributed by atoms with Crippen molar-refractivity contribution in [2.45, 2.75) is 68.4 Å². The number of aryl methyl sites for hydroxylation is 1. The molecule has 0 aromatic heterocycles. The number of piperidine rings is 1. The van der Waals surface area contributed by atoms with Gasteiger partial charge in [0, 0.05) is 24.0 Å². The second kappa shape index (κ2) is 9.43. The fourth-order valence-electron chi connectivity index (χ4n) is 3.82. The minimum Gasteiger partial charge on any atom is -0.325 e. The van der Waals surface area contributed by atoms with Crippen LogP contribution in [0.5, 0.6) is 0 Å². The number of amides is 1. The van der Waals surface area contributed by atoms with Crippen LogP contribution in [0.1, 0.15) is 56.9 Å². The normalized spacial score (nSPS) is 19.7. The van der Waals surface area contributed by atoms with Crippen molar-refractivity contribution < 1.29 is 13.2 Å². The van der Waals surface area contributed by atoms with E-state index < -0.39 is 10.0 Å². The highest BCUT2D eigenvalue weighted by molar-refractivity contribution is 8.00. The summed E-state index contributed by atoms with van der Waals surface area (Å²) in [7, 11) is -3.50. The summed E-state index contributed by atoms with van der Waals surface area (Å²) in [4.78, 5) is 12.6. The van der Waals surface area contributed by atoms with E-state index in [1.165, 1.54) is 32.1 Å². The number of thioether (sulfide) groups is 1. The Bertz CT molecular complexity index is 752. The molecule has 1 aliphatic heterocycles. The zero-order chi connectivity index (χ0) is 19.3. The quantitative estimate of drug-likeness (QED) is 0.764. The first kappa shape index (κ1) is 20.7. The fraction of sp³-hybridized carbons (Fsp3) is 0.650. The summed E-state index contributed by atoms with van der Waals surface area (Å²) in [5.41, 5.74) is 1.28. The van der Waals surface area contributed by atoms with Crippen LogP contribution in [-0.2, 0) is 14.8 Å². The molecule has 0 bridgehead atoms. The Hall–Kier alpha value is -1.05. The third-order valence-electron chi connectivity index (χ3n) is 5.41. The number of hydrogen-bond donors (Lipinski definition) is 1. The van der Waals surface area contributed by atoms with Gasteiger partial charge in [0.2, 0.25) is 15.9 Å². The highest BCUT2D eigenvalue weighted by Gasteiger charge is 2.27. The molecule has 1 saturated heterocycles. The number of nitrogens with zero attached hydrogens (tertiary/aromatic N) is 1. The van der Waals surface area contributed by atoms with E-state index in [2.05, 4.69) is 5.32 Å². The molecular weight excluding hydrogens is 380 g/mol. The van der Waals surface area contributed by atoms with E-state index in [0.717, 1.165) is 24.8 Å². The first-order chi connectivity index (χ1) is 13.0. The lowest BCUT2D eigenvalue weighted by Gasteiger charge is -2.26. The number of sulfonamides is 1. The largest absolute Gasteiger partial charge is 0.325 e. The van der Waals surface area contributed by atoms with Crippen LogP contribution in [0.25, 0.3) is 0 Å². The Morgan fingerprint density at radius 2 is 1.78 bits per heavy atom. The summed E-state index contributed by atoms with van der Waals surface area (Å²) in [6.07, 6.45) is 9.12. The molecule has 3 rings (SSSR count). The van der Waals surface area contributed by atoms with E-state index in [0.29, 0.717) is 34.7 Å². The van der Waals surface area contributed by atoms with Crippen LogP contribution in [0.4, 0.5) is 5.69 Å². The van der Waals surface area contributed by atoms with Gasteiger partial charge < -0.3 is 5.32 Å². The van der Waals surface area contributed by atoms with E-state index in [-0.39, 0.29) is 5.91 Å². The number of nitrogens with one attached hydrogen (secondary N) is 1. The van der Waals surface area contributed by atoms with Crippen molar-refractivity contribution in [3.63, 3.8) is 0 Å². The van der Waals surface area contributed by atoms with Gasteiger partial charge in [-0.2, -0.15) is 4.31 Å². The SMILES string of the molecule is Cc1ccc(NC(=O)CSC2CCCCC2)cc1S(=O)(=O)N1CCCCC1. The molecule has 27 heavy (non-hydrogen) atoms. The monoisotopic (exact) mass is 410 g/mol. The van der Waals surface area contributed by atoms with Crippen molar-refractivity contribution in [3.8, 4) is 0 Å². The molecule has 0 atom stereocenters. The molecular formula is C20H30N2O3S2. The summed E-state index contributed by atoms with van der Waals surface area (Å²) in [5, 5.41) is 3.46. The molecule has 1 heterocycles. The van der Waals surface area contributed by atoms with Gasteiger partial charge in [0.05, 0.1) is 10.6 Å². The van der Waals surface area contributed by atoms with E-state index in [1.807, 2.05) is 0 Å². The number of carbonyl (C=O) groups excluding carboxylic acids is 1. The van der Waals surface area contributed by atoms with Gasteiger partial charge in [0.1, 0.15) is 0 Å². The topological polar surface area (TPSA) is 66.5 Å². The van der Waals surface area contributed by atoms with Crippen molar-refractivity contribution in [2.75, 3.05) is 24.2 Å². The number of rotatable bonds is 6. The molecule has 5 nitrogen and oxygen atoms in total. The van der Waals surface area contributed by atoms with Gasteiger partial charge >= 0.3 is 0 Å². The zero-order valence-electron chi connectivity index (χ0n) is 16.1. The molecule has 0 radical (unpaired) electrons. The average molecular weight is 411 g/mol. The van der Waals surface area contributed by atoms with E-state index in [9.17, 15) is 13.2 Å². The molecule has 7 heteroatoms. The standard InChI is InChI=1S/C20H30N2O3S2/c1-16-10-11-17(21-20(23)15-26-18-8-4-2-5-9-18)14-19(16)27(24,25)22-12-6-3-7-13-22/h10-11,14,18H,2-9,12-13,15H2,1H3,(H,21,23). The summed E-state index contributed by atoms with van der Waals surface area (Å²) >= 11 is 1.72. The first-order valence-corrected chi connectivity index (χ1v) is 12.5. The molecule has 0 spiro atoms. The van der Waals surface area contributed by atoms with Gasteiger partial charge in [0.15, 0.2) is 0 Å². The van der Waals surface area contributed by atoms with Crippen LogP contribution >= 0.6 is 11.8 Å². The Labute approximate surface area is 167 Å². The van der Waals surface area contributed by atoms with Crippen molar-refractivity contribution in [2.24, 2.45) is 0 Å². The maximum absolute atomic E-state index is 13.0. The van der Waals surface area contributed by atoms with Crippen LogP contribution in [-0.4, -0.2) is 42.7 Å². The summed E-state index contributed by atoms with van der Waals surface area (Å²) in [5.74, 6) is 0.364. The van der Waals surface area contributed by atoms with Crippen molar-refractivity contribution in [3.05, 3.63) is 23.8 Å². The van der Waals surface area contributed by atoms with Crippen LogP contribution in [0.2, 0.25) is 0 Å². The second-order valence-corrected chi connectivity index (χ2v) is 10.8. The van der Waals surface area contributed by atoms with Gasteiger partial charge in [-0.05, 0) is 50.3 Å². The highest BCUT2D eigenvalue weighted by atomic mass is 32.2. The van der Waals surface area contributed by atoms with Gasteiger partial charge in [-0.3, -0.25) is 4.79 Å². The number of anilines is 1. The molecule has 1 saturated carbocycles. The number of carbonyl (C=O) groups is 1. The fourth-order valence-corrected chi connectivity index (χ4v) is 6.72. The van der Waals surface area contributed by atoms with Gasteiger partial charge in [-0.1, -0.05) is 31.7 Å². The Balaban J connectivity index is 1.64. The molecule has 150 valence electrons. The average Bonchev–Trinajstić information content (AvgIpc) is 2.69. The van der Waals surface area contributed by atoms with Crippen molar-refractivity contribution >= 4 is 33.4 Å². The molecule has 2 aliphatic rings. The van der Waals surface area contributed by atoms with Crippen LogP contribution < -0.4 is 5.32 Å². The Morgan fingerprint density at radius 3 is 2.48 bits per heavy atom. The lowest BCUT2D eigenvalue weighted by atomic mass is 10.0. The summed E-state index contributed by atoms with van der Waals surface area (Å²) in [6, 6.07) is 5.18. The molecule has 1 aromatic rings. The second-order valence-electron chi connectivity index (χ2n) is 7.56. The van der Waals surface area contributed by atoms with Gasteiger partial charge in [-0.15, -0.1) is 11.8 Å². The predicted octanol–water partition coefficient (Wildman–Crippen LogP) is 4.17. The molecule has 1 aromatic carbocycles.